The van der Waals surface area contributed by atoms with Gasteiger partial charge in [0.1, 0.15) is 0 Å². The van der Waals surface area contributed by atoms with Crippen LogP contribution in [0.5, 0.6) is 5.88 Å². The van der Waals surface area contributed by atoms with Gasteiger partial charge >= 0.3 is 0 Å². The number of halogens is 1. The molecule has 1 aromatic heterocycles. The third kappa shape index (κ3) is 3.73. The molecule has 17 heavy (non-hydrogen) atoms. The average Bonchev–Trinajstić information content (AvgIpc) is 2.74. The Morgan fingerprint density at radius 3 is 3.12 bits per heavy atom. The number of alkyl halides is 1. The van der Waals surface area contributed by atoms with E-state index >= 15 is 0 Å². The standard InChI is InChI=1S/C12H18ClN3O/c1-2-17-11-5-6-14-12(16-11)15-8-9-3-4-10(13)7-9/h5-6,9-10H,2-4,7-8H2,1H3,(H,14,15,16). The maximum Gasteiger partial charge on any atom is 0.225 e. The smallest absolute Gasteiger partial charge is 0.225 e. The zero-order chi connectivity index (χ0) is 12.1. The van der Waals surface area contributed by atoms with Crippen LogP contribution >= 0.6 is 11.6 Å². The van der Waals surface area contributed by atoms with Crippen LogP contribution in [0.3, 0.4) is 0 Å². The molecule has 2 unspecified atom stereocenters. The van der Waals surface area contributed by atoms with Crippen molar-refractivity contribution in [2.24, 2.45) is 5.92 Å². The first kappa shape index (κ1) is 12.4. The predicted octanol–water partition coefficient (Wildman–Crippen LogP) is 2.69. The van der Waals surface area contributed by atoms with E-state index in [0.717, 1.165) is 19.4 Å². The summed E-state index contributed by atoms with van der Waals surface area (Å²) in [5.74, 6) is 1.89. The summed E-state index contributed by atoms with van der Waals surface area (Å²) in [6.45, 7) is 3.44. The van der Waals surface area contributed by atoms with E-state index in [4.69, 9.17) is 16.3 Å². The van der Waals surface area contributed by atoms with Crippen LogP contribution in [0.15, 0.2) is 12.3 Å². The molecule has 5 heteroatoms. The van der Waals surface area contributed by atoms with Gasteiger partial charge in [-0.05, 0) is 32.1 Å². The van der Waals surface area contributed by atoms with Crippen LogP contribution in [0.25, 0.3) is 0 Å². The van der Waals surface area contributed by atoms with Gasteiger partial charge in [-0.15, -0.1) is 11.6 Å². The van der Waals surface area contributed by atoms with E-state index < -0.39 is 0 Å². The third-order valence-electron chi connectivity index (χ3n) is 2.95. The molecule has 0 radical (unpaired) electrons. The molecule has 4 nitrogen and oxygen atoms in total. The van der Waals surface area contributed by atoms with Crippen molar-refractivity contribution in [3.05, 3.63) is 12.3 Å². The van der Waals surface area contributed by atoms with Gasteiger partial charge in [0.25, 0.3) is 0 Å². The van der Waals surface area contributed by atoms with Gasteiger partial charge in [0, 0.05) is 24.2 Å². The van der Waals surface area contributed by atoms with Gasteiger partial charge in [0.15, 0.2) is 0 Å². The molecule has 1 aromatic rings. The highest BCUT2D eigenvalue weighted by Gasteiger charge is 2.22. The largest absolute Gasteiger partial charge is 0.478 e. The van der Waals surface area contributed by atoms with Gasteiger partial charge in [-0.25, -0.2) is 4.98 Å². The molecule has 2 atom stereocenters. The molecule has 1 saturated carbocycles. The van der Waals surface area contributed by atoms with Crippen molar-refractivity contribution in [1.82, 2.24) is 9.97 Å². The van der Waals surface area contributed by atoms with Crippen molar-refractivity contribution >= 4 is 17.5 Å². The van der Waals surface area contributed by atoms with Gasteiger partial charge in [0.05, 0.1) is 6.61 Å². The Hall–Kier alpha value is -1.03. The first-order valence-corrected chi connectivity index (χ1v) is 6.55. The summed E-state index contributed by atoms with van der Waals surface area (Å²) in [5, 5.41) is 3.59. The molecule has 1 aliphatic carbocycles. The predicted molar refractivity (Wildman–Crippen MR) is 68.7 cm³/mol. The first-order chi connectivity index (χ1) is 8.28. The number of nitrogens with one attached hydrogen (secondary N) is 1. The lowest BCUT2D eigenvalue weighted by Gasteiger charge is -2.11. The third-order valence-corrected chi connectivity index (χ3v) is 3.34. The minimum absolute atomic E-state index is 0.345. The zero-order valence-electron chi connectivity index (χ0n) is 10.0. The van der Waals surface area contributed by atoms with E-state index in [1.165, 1.54) is 6.42 Å². The maximum absolute atomic E-state index is 6.08. The molecule has 0 spiro atoms. The quantitative estimate of drug-likeness (QED) is 0.822. The Bertz CT molecular complexity index is 361. The van der Waals surface area contributed by atoms with Crippen LogP contribution in [-0.4, -0.2) is 28.5 Å². The van der Waals surface area contributed by atoms with Crippen molar-refractivity contribution in [1.29, 1.82) is 0 Å². The fourth-order valence-electron chi connectivity index (χ4n) is 2.09. The van der Waals surface area contributed by atoms with E-state index in [2.05, 4.69) is 15.3 Å². The molecule has 0 saturated heterocycles. The summed E-state index contributed by atoms with van der Waals surface area (Å²) >= 11 is 6.08. The molecule has 1 heterocycles. The van der Waals surface area contributed by atoms with Crippen molar-refractivity contribution in [2.45, 2.75) is 31.6 Å². The Balaban J connectivity index is 1.83. The SMILES string of the molecule is CCOc1ccnc(NCC2CCC(Cl)C2)n1. The molecular weight excluding hydrogens is 238 g/mol. The van der Waals surface area contributed by atoms with E-state index in [0.29, 0.717) is 29.7 Å². The molecule has 0 aromatic carbocycles. The Morgan fingerprint density at radius 1 is 1.53 bits per heavy atom. The van der Waals surface area contributed by atoms with Crippen LogP contribution in [0.2, 0.25) is 0 Å². The molecule has 94 valence electrons. The van der Waals surface area contributed by atoms with Crippen molar-refractivity contribution < 1.29 is 4.74 Å². The van der Waals surface area contributed by atoms with Crippen LogP contribution < -0.4 is 10.1 Å². The van der Waals surface area contributed by atoms with Crippen LogP contribution in [0, 0.1) is 5.92 Å². The Labute approximate surface area is 107 Å². The molecule has 2 rings (SSSR count). The van der Waals surface area contributed by atoms with Gasteiger partial charge in [-0.1, -0.05) is 0 Å². The van der Waals surface area contributed by atoms with Crippen LogP contribution in [0.1, 0.15) is 26.2 Å². The maximum atomic E-state index is 6.08. The Kier molecular flexibility index (Phi) is 4.42. The second kappa shape index (κ2) is 6.05. The number of anilines is 1. The summed E-state index contributed by atoms with van der Waals surface area (Å²) in [6.07, 6.45) is 5.10. The summed E-state index contributed by atoms with van der Waals surface area (Å²) < 4.78 is 5.32. The molecule has 1 aliphatic rings. The number of ether oxygens (including phenoxy) is 1. The van der Waals surface area contributed by atoms with Crippen molar-refractivity contribution in [2.75, 3.05) is 18.5 Å². The number of rotatable bonds is 5. The number of hydrogen-bond donors (Lipinski definition) is 1. The number of nitrogens with zero attached hydrogens (tertiary/aromatic N) is 2. The monoisotopic (exact) mass is 255 g/mol. The normalized spacial score (nSPS) is 23.6. The van der Waals surface area contributed by atoms with Gasteiger partial charge in [-0.3, -0.25) is 0 Å². The minimum atomic E-state index is 0.345. The van der Waals surface area contributed by atoms with Crippen LogP contribution in [-0.2, 0) is 0 Å². The molecule has 1 fully saturated rings. The van der Waals surface area contributed by atoms with Crippen molar-refractivity contribution in [3.63, 3.8) is 0 Å². The molecule has 0 amide bonds. The summed E-state index contributed by atoms with van der Waals surface area (Å²) in [6, 6.07) is 1.76. The molecule has 0 bridgehead atoms. The van der Waals surface area contributed by atoms with E-state index in [9.17, 15) is 0 Å². The summed E-state index contributed by atoms with van der Waals surface area (Å²) in [7, 11) is 0. The summed E-state index contributed by atoms with van der Waals surface area (Å²) in [4.78, 5) is 8.43. The van der Waals surface area contributed by atoms with Crippen LogP contribution in [0.4, 0.5) is 5.95 Å². The first-order valence-electron chi connectivity index (χ1n) is 6.11. The summed E-state index contributed by atoms with van der Waals surface area (Å²) in [5.41, 5.74) is 0. The number of aromatic nitrogens is 2. The fourth-order valence-corrected chi connectivity index (χ4v) is 2.47. The molecule has 0 aliphatic heterocycles. The van der Waals surface area contributed by atoms with Gasteiger partial charge < -0.3 is 10.1 Å². The lowest BCUT2D eigenvalue weighted by atomic mass is 10.1. The molecule has 1 N–H and O–H groups in total. The highest BCUT2D eigenvalue weighted by Crippen LogP contribution is 2.29. The number of hydrogen-bond acceptors (Lipinski definition) is 4. The van der Waals surface area contributed by atoms with E-state index in [1.54, 1.807) is 12.3 Å². The van der Waals surface area contributed by atoms with E-state index in [-0.39, 0.29) is 0 Å². The minimum Gasteiger partial charge on any atom is -0.478 e. The second-order valence-corrected chi connectivity index (χ2v) is 4.93. The van der Waals surface area contributed by atoms with Gasteiger partial charge in [0.2, 0.25) is 11.8 Å². The Morgan fingerprint density at radius 2 is 2.41 bits per heavy atom. The fraction of sp³-hybridized carbons (Fsp3) is 0.667. The zero-order valence-corrected chi connectivity index (χ0v) is 10.8. The second-order valence-electron chi connectivity index (χ2n) is 4.31. The highest BCUT2D eigenvalue weighted by atomic mass is 35.5. The lowest BCUT2D eigenvalue weighted by Crippen LogP contribution is -2.13. The van der Waals surface area contributed by atoms with Gasteiger partial charge in [-0.2, -0.15) is 4.98 Å². The highest BCUT2D eigenvalue weighted by molar-refractivity contribution is 6.20. The average molecular weight is 256 g/mol. The topological polar surface area (TPSA) is 47.0 Å². The lowest BCUT2D eigenvalue weighted by molar-refractivity contribution is 0.326. The van der Waals surface area contributed by atoms with Crippen molar-refractivity contribution in [3.8, 4) is 5.88 Å². The van der Waals surface area contributed by atoms with E-state index in [1.807, 2.05) is 6.92 Å². The molecular formula is C12H18ClN3O.